The maximum atomic E-state index is 13.0. The molecular formula is C19H28N2O4. The molecule has 2 fully saturated rings. The van der Waals surface area contributed by atoms with Gasteiger partial charge in [0.25, 0.3) is 5.91 Å². The lowest BCUT2D eigenvalue weighted by molar-refractivity contribution is -0.0431. The van der Waals surface area contributed by atoms with E-state index in [1.165, 1.54) is 12.8 Å². The third kappa shape index (κ3) is 4.07. The zero-order valence-corrected chi connectivity index (χ0v) is 15.2. The molecule has 1 atom stereocenters. The van der Waals surface area contributed by atoms with Crippen LogP contribution in [0.2, 0.25) is 0 Å². The molecule has 0 spiro atoms. The van der Waals surface area contributed by atoms with Crippen LogP contribution in [0, 0.1) is 0 Å². The molecule has 1 unspecified atom stereocenters. The third-order valence-corrected chi connectivity index (χ3v) is 5.20. The molecule has 2 aliphatic heterocycles. The van der Waals surface area contributed by atoms with Gasteiger partial charge in [-0.15, -0.1) is 0 Å². The molecule has 0 saturated carbocycles. The molecule has 138 valence electrons. The van der Waals surface area contributed by atoms with Gasteiger partial charge < -0.3 is 24.4 Å². The number of piperidine rings is 1. The van der Waals surface area contributed by atoms with Crippen LogP contribution in [-0.4, -0.2) is 73.4 Å². The van der Waals surface area contributed by atoms with Gasteiger partial charge in [-0.05, 0) is 50.9 Å². The molecule has 2 heterocycles. The minimum Gasteiger partial charge on any atom is -0.497 e. The predicted octanol–water partition coefficient (Wildman–Crippen LogP) is 1.77. The first-order valence-corrected chi connectivity index (χ1v) is 9.01. The molecule has 2 aliphatic rings. The fraction of sp³-hybridized carbons (Fsp3) is 0.632. The van der Waals surface area contributed by atoms with E-state index in [9.17, 15) is 9.90 Å². The number of likely N-dealkylation sites (tertiary alicyclic amines) is 2. The Hall–Kier alpha value is -1.79. The highest BCUT2D eigenvalue weighted by molar-refractivity contribution is 5.97. The van der Waals surface area contributed by atoms with Gasteiger partial charge >= 0.3 is 0 Å². The molecular weight excluding hydrogens is 320 g/mol. The van der Waals surface area contributed by atoms with Gasteiger partial charge in [0.15, 0.2) is 0 Å². The summed E-state index contributed by atoms with van der Waals surface area (Å²) in [5.41, 5.74) is -0.313. The Labute approximate surface area is 149 Å². The van der Waals surface area contributed by atoms with Crippen LogP contribution in [0.15, 0.2) is 18.2 Å². The standard InChI is InChI=1S/C19H28N2O4/c1-24-15-6-7-16(17(12-15)25-2)18(22)21-11-5-8-19(23,14-21)13-20-9-3-4-10-20/h6-7,12,23H,3-5,8-11,13-14H2,1-2H3. The second-order valence-electron chi connectivity index (χ2n) is 7.10. The average molecular weight is 348 g/mol. The smallest absolute Gasteiger partial charge is 0.257 e. The minimum atomic E-state index is -0.821. The molecule has 25 heavy (non-hydrogen) atoms. The number of aliphatic hydroxyl groups is 1. The van der Waals surface area contributed by atoms with Gasteiger partial charge in [-0.1, -0.05) is 0 Å². The number of methoxy groups -OCH3 is 2. The highest BCUT2D eigenvalue weighted by atomic mass is 16.5. The van der Waals surface area contributed by atoms with Crippen molar-refractivity contribution in [2.45, 2.75) is 31.3 Å². The summed E-state index contributed by atoms with van der Waals surface area (Å²) < 4.78 is 10.6. The highest BCUT2D eigenvalue weighted by Crippen LogP contribution is 2.29. The number of amides is 1. The van der Waals surface area contributed by atoms with E-state index < -0.39 is 5.60 Å². The van der Waals surface area contributed by atoms with Gasteiger partial charge in [-0.2, -0.15) is 0 Å². The molecule has 1 N–H and O–H groups in total. The van der Waals surface area contributed by atoms with Crippen molar-refractivity contribution < 1.29 is 19.4 Å². The first-order valence-electron chi connectivity index (χ1n) is 9.01. The van der Waals surface area contributed by atoms with Gasteiger partial charge in [0.1, 0.15) is 11.5 Å². The number of carbonyl (C=O) groups is 1. The molecule has 0 aliphatic carbocycles. The van der Waals surface area contributed by atoms with Crippen molar-refractivity contribution in [3.8, 4) is 11.5 Å². The number of benzene rings is 1. The average Bonchev–Trinajstić information content (AvgIpc) is 3.12. The Bertz CT molecular complexity index is 615. The topological polar surface area (TPSA) is 62.2 Å². The lowest BCUT2D eigenvalue weighted by Crippen LogP contribution is -2.55. The number of hydrogen-bond donors (Lipinski definition) is 1. The highest BCUT2D eigenvalue weighted by Gasteiger charge is 2.37. The fourth-order valence-electron chi connectivity index (χ4n) is 3.92. The van der Waals surface area contributed by atoms with Crippen LogP contribution in [0.4, 0.5) is 0 Å². The fourth-order valence-corrected chi connectivity index (χ4v) is 3.92. The summed E-state index contributed by atoms with van der Waals surface area (Å²) in [5.74, 6) is 1.05. The van der Waals surface area contributed by atoms with Gasteiger partial charge in [0.2, 0.25) is 0 Å². The summed E-state index contributed by atoms with van der Waals surface area (Å²) in [7, 11) is 3.13. The molecule has 3 rings (SSSR count). The summed E-state index contributed by atoms with van der Waals surface area (Å²) in [6.07, 6.45) is 3.95. The first kappa shape index (κ1) is 18.0. The number of nitrogens with zero attached hydrogens (tertiary/aromatic N) is 2. The van der Waals surface area contributed by atoms with E-state index in [4.69, 9.17) is 9.47 Å². The zero-order chi connectivity index (χ0) is 17.9. The van der Waals surface area contributed by atoms with Crippen LogP contribution in [0.5, 0.6) is 11.5 Å². The summed E-state index contributed by atoms with van der Waals surface area (Å²) in [4.78, 5) is 17.0. The SMILES string of the molecule is COc1ccc(C(=O)N2CCCC(O)(CN3CCCC3)C2)c(OC)c1. The van der Waals surface area contributed by atoms with E-state index in [0.29, 0.717) is 36.7 Å². The molecule has 1 amide bonds. The zero-order valence-electron chi connectivity index (χ0n) is 15.2. The van der Waals surface area contributed by atoms with E-state index in [1.807, 2.05) is 0 Å². The predicted molar refractivity (Wildman–Crippen MR) is 95.3 cm³/mol. The summed E-state index contributed by atoms with van der Waals surface area (Å²) >= 11 is 0. The molecule has 0 radical (unpaired) electrons. The Kier molecular flexibility index (Phi) is 5.49. The normalized spacial score (nSPS) is 24.4. The van der Waals surface area contributed by atoms with Gasteiger partial charge in [0, 0.05) is 19.2 Å². The monoisotopic (exact) mass is 348 g/mol. The van der Waals surface area contributed by atoms with Crippen LogP contribution >= 0.6 is 0 Å². The van der Waals surface area contributed by atoms with E-state index >= 15 is 0 Å². The van der Waals surface area contributed by atoms with Gasteiger partial charge in [0.05, 0.1) is 31.9 Å². The van der Waals surface area contributed by atoms with Gasteiger partial charge in [-0.25, -0.2) is 0 Å². The van der Waals surface area contributed by atoms with E-state index in [2.05, 4.69) is 4.90 Å². The van der Waals surface area contributed by atoms with Gasteiger partial charge in [-0.3, -0.25) is 4.79 Å². The second kappa shape index (κ2) is 7.62. The lowest BCUT2D eigenvalue weighted by Gasteiger charge is -2.41. The maximum absolute atomic E-state index is 13.0. The minimum absolute atomic E-state index is 0.0981. The molecule has 6 heteroatoms. The van der Waals surface area contributed by atoms with Crippen LogP contribution in [0.3, 0.4) is 0 Å². The van der Waals surface area contributed by atoms with Crippen molar-refractivity contribution in [2.75, 3.05) is 46.9 Å². The Morgan fingerprint density at radius 3 is 2.60 bits per heavy atom. The second-order valence-corrected chi connectivity index (χ2v) is 7.10. The quantitative estimate of drug-likeness (QED) is 0.879. The largest absolute Gasteiger partial charge is 0.497 e. The lowest BCUT2D eigenvalue weighted by atomic mass is 9.91. The Morgan fingerprint density at radius 2 is 1.92 bits per heavy atom. The van der Waals surface area contributed by atoms with Crippen molar-refractivity contribution in [3.05, 3.63) is 23.8 Å². The number of β-amino-alcohol motifs (C(OH)–C–C–N with tert-alkyl or cyclic N) is 1. The van der Waals surface area contributed by atoms with Crippen molar-refractivity contribution in [2.24, 2.45) is 0 Å². The van der Waals surface area contributed by atoms with Crippen molar-refractivity contribution in [3.63, 3.8) is 0 Å². The van der Waals surface area contributed by atoms with Crippen LogP contribution in [0.1, 0.15) is 36.0 Å². The van der Waals surface area contributed by atoms with Crippen LogP contribution in [-0.2, 0) is 0 Å². The maximum Gasteiger partial charge on any atom is 0.257 e. The molecule has 0 aromatic heterocycles. The summed E-state index contributed by atoms with van der Waals surface area (Å²) in [5, 5.41) is 11.0. The number of ether oxygens (including phenoxy) is 2. The Morgan fingerprint density at radius 1 is 1.16 bits per heavy atom. The van der Waals surface area contributed by atoms with Crippen LogP contribution in [0.25, 0.3) is 0 Å². The number of carbonyl (C=O) groups excluding carboxylic acids is 1. The van der Waals surface area contributed by atoms with Crippen LogP contribution < -0.4 is 9.47 Å². The molecule has 1 aromatic rings. The molecule has 6 nitrogen and oxygen atoms in total. The van der Waals surface area contributed by atoms with E-state index in [0.717, 1.165) is 25.9 Å². The third-order valence-electron chi connectivity index (χ3n) is 5.20. The Balaban J connectivity index is 1.73. The van der Waals surface area contributed by atoms with Crippen molar-refractivity contribution >= 4 is 5.91 Å². The van der Waals surface area contributed by atoms with E-state index in [-0.39, 0.29) is 5.91 Å². The number of hydrogen-bond acceptors (Lipinski definition) is 5. The number of rotatable bonds is 5. The van der Waals surface area contributed by atoms with Crippen molar-refractivity contribution in [1.29, 1.82) is 0 Å². The first-order chi connectivity index (χ1) is 12.0. The van der Waals surface area contributed by atoms with E-state index in [1.54, 1.807) is 37.3 Å². The van der Waals surface area contributed by atoms with Crippen molar-refractivity contribution in [1.82, 2.24) is 9.80 Å². The molecule has 0 bridgehead atoms. The summed E-state index contributed by atoms with van der Waals surface area (Å²) in [6, 6.07) is 5.21. The summed E-state index contributed by atoms with van der Waals surface area (Å²) in [6.45, 7) is 3.77. The molecule has 2 saturated heterocycles. The molecule has 1 aromatic carbocycles.